The molecule has 0 spiro atoms. The molecule has 1 aliphatic carbocycles. The van der Waals surface area contributed by atoms with Crippen molar-refractivity contribution in [3.05, 3.63) is 96.2 Å². The maximum atomic E-state index is 13.8. The molecule has 0 saturated heterocycles. The third-order valence-corrected chi connectivity index (χ3v) is 7.60. The summed E-state index contributed by atoms with van der Waals surface area (Å²) in [6, 6.07) is 21.0. The first-order valence-corrected chi connectivity index (χ1v) is 12.5. The molecule has 5 nitrogen and oxygen atoms in total. The summed E-state index contributed by atoms with van der Waals surface area (Å²) >= 11 is 0. The van der Waals surface area contributed by atoms with Gasteiger partial charge in [-0.15, -0.1) is 13.2 Å². The number of ether oxygens (including phenoxy) is 1. The van der Waals surface area contributed by atoms with Gasteiger partial charge in [-0.05, 0) is 54.0 Å². The molecule has 1 aromatic heterocycles. The average Bonchev–Trinajstić information content (AvgIpc) is 3.68. The molecular formula is C26H21F3N2O3S. The second kappa shape index (κ2) is 8.88. The Kier molecular flexibility index (Phi) is 5.88. The van der Waals surface area contributed by atoms with E-state index in [1.54, 1.807) is 24.4 Å². The lowest BCUT2D eigenvalue weighted by molar-refractivity contribution is -0.274. The summed E-state index contributed by atoms with van der Waals surface area (Å²) in [6.07, 6.45) is -1.28. The van der Waals surface area contributed by atoms with Crippen molar-refractivity contribution in [2.75, 3.05) is 4.31 Å². The van der Waals surface area contributed by atoms with Crippen LogP contribution in [-0.4, -0.2) is 19.8 Å². The largest absolute Gasteiger partial charge is 0.573 e. The molecule has 0 aliphatic heterocycles. The van der Waals surface area contributed by atoms with Gasteiger partial charge in [0.25, 0.3) is 10.0 Å². The van der Waals surface area contributed by atoms with Gasteiger partial charge in [0, 0.05) is 17.1 Å². The molecule has 180 valence electrons. The van der Waals surface area contributed by atoms with Crippen LogP contribution in [-0.2, 0) is 16.6 Å². The lowest BCUT2D eigenvalue weighted by Gasteiger charge is -2.26. The van der Waals surface area contributed by atoms with Gasteiger partial charge in [0.2, 0.25) is 0 Å². The van der Waals surface area contributed by atoms with Gasteiger partial charge >= 0.3 is 6.36 Å². The number of halogens is 3. The van der Waals surface area contributed by atoms with Gasteiger partial charge in [0.15, 0.2) is 0 Å². The summed E-state index contributed by atoms with van der Waals surface area (Å²) in [4.78, 5) is 4.70. The van der Waals surface area contributed by atoms with Crippen LogP contribution in [0.4, 0.5) is 19.0 Å². The molecule has 1 fully saturated rings. The SMILES string of the molecule is O=S(=O)(c1ccccc1)N(Cc1ccc(OC(F)(F)F)cc1)c1ncc2ccccc2c1C1CC1. The number of sulfonamides is 1. The molecule has 0 unspecified atom stereocenters. The van der Waals surface area contributed by atoms with Crippen molar-refractivity contribution in [1.29, 1.82) is 0 Å². The number of hydrogen-bond donors (Lipinski definition) is 0. The minimum atomic E-state index is -4.81. The summed E-state index contributed by atoms with van der Waals surface area (Å²) < 4.78 is 70.5. The fourth-order valence-corrected chi connectivity index (χ4v) is 5.55. The number of fused-ring (bicyclic) bond motifs is 1. The number of hydrogen-bond acceptors (Lipinski definition) is 4. The number of alkyl halides is 3. The highest BCUT2D eigenvalue weighted by Crippen LogP contribution is 2.47. The molecule has 4 aromatic rings. The zero-order chi connectivity index (χ0) is 24.6. The third-order valence-electron chi connectivity index (χ3n) is 5.85. The zero-order valence-corrected chi connectivity index (χ0v) is 19.3. The van der Waals surface area contributed by atoms with E-state index < -0.39 is 16.4 Å². The molecule has 0 radical (unpaired) electrons. The minimum absolute atomic E-state index is 0.103. The maximum Gasteiger partial charge on any atom is 0.573 e. The number of nitrogens with zero attached hydrogens (tertiary/aromatic N) is 2. The van der Waals surface area contributed by atoms with Crippen molar-refractivity contribution < 1.29 is 26.3 Å². The molecule has 3 aromatic carbocycles. The third kappa shape index (κ3) is 4.95. The molecule has 0 bridgehead atoms. The summed E-state index contributed by atoms with van der Waals surface area (Å²) in [7, 11) is -4.03. The quantitative estimate of drug-likeness (QED) is 0.296. The summed E-state index contributed by atoms with van der Waals surface area (Å²) in [5.41, 5.74) is 1.37. The predicted octanol–water partition coefficient (Wildman–Crippen LogP) is 6.41. The highest BCUT2D eigenvalue weighted by Gasteiger charge is 2.35. The van der Waals surface area contributed by atoms with Gasteiger partial charge in [-0.2, -0.15) is 0 Å². The molecule has 5 rings (SSSR count). The van der Waals surface area contributed by atoms with Crippen LogP contribution in [0.25, 0.3) is 10.8 Å². The molecule has 35 heavy (non-hydrogen) atoms. The van der Waals surface area contributed by atoms with E-state index in [-0.39, 0.29) is 23.1 Å². The molecular weight excluding hydrogens is 477 g/mol. The fraction of sp³-hybridized carbons (Fsp3) is 0.192. The van der Waals surface area contributed by atoms with Crippen LogP contribution in [0.15, 0.2) is 90.0 Å². The van der Waals surface area contributed by atoms with E-state index in [1.165, 1.54) is 40.7 Å². The topological polar surface area (TPSA) is 59.5 Å². The lowest BCUT2D eigenvalue weighted by atomic mass is 10.0. The van der Waals surface area contributed by atoms with Crippen LogP contribution in [0.2, 0.25) is 0 Å². The molecule has 9 heteroatoms. The number of benzene rings is 3. The predicted molar refractivity (Wildman–Crippen MR) is 127 cm³/mol. The molecule has 1 heterocycles. The fourth-order valence-electron chi connectivity index (χ4n) is 4.10. The maximum absolute atomic E-state index is 13.8. The van der Waals surface area contributed by atoms with Crippen LogP contribution in [0.1, 0.15) is 29.9 Å². The Morgan fingerprint density at radius 1 is 0.914 bits per heavy atom. The van der Waals surface area contributed by atoms with Gasteiger partial charge in [-0.1, -0.05) is 54.6 Å². The van der Waals surface area contributed by atoms with Crippen LogP contribution >= 0.6 is 0 Å². The van der Waals surface area contributed by atoms with Gasteiger partial charge in [0.05, 0.1) is 11.4 Å². The first-order valence-electron chi connectivity index (χ1n) is 11.0. The van der Waals surface area contributed by atoms with E-state index in [2.05, 4.69) is 9.72 Å². The summed E-state index contributed by atoms with van der Waals surface area (Å²) in [5, 5.41) is 1.87. The van der Waals surface area contributed by atoms with Crippen molar-refractivity contribution in [2.24, 2.45) is 0 Å². The smallest absolute Gasteiger partial charge is 0.406 e. The second-order valence-corrected chi connectivity index (χ2v) is 10.2. The highest BCUT2D eigenvalue weighted by molar-refractivity contribution is 7.92. The van der Waals surface area contributed by atoms with E-state index >= 15 is 0 Å². The highest BCUT2D eigenvalue weighted by atomic mass is 32.2. The minimum Gasteiger partial charge on any atom is -0.406 e. The first-order chi connectivity index (χ1) is 16.7. The van der Waals surface area contributed by atoms with Crippen molar-refractivity contribution in [1.82, 2.24) is 4.98 Å². The van der Waals surface area contributed by atoms with E-state index in [4.69, 9.17) is 0 Å². The van der Waals surface area contributed by atoms with Crippen LogP contribution < -0.4 is 9.04 Å². The molecule has 1 aliphatic rings. The monoisotopic (exact) mass is 498 g/mol. The Hall–Kier alpha value is -3.59. The second-order valence-electron chi connectivity index (χ2n) is 8.37. The number of anilines is 1. The van der Waals surface area contributed by atoms with E-state index in [9.17, 15) is 21.6 Å². The van der Waals surface area contributed by atoms with Crippen LogP contribution in [0.5, 0.6) is 5.75 Å². The first kappa shape index (κ1) is 23.2. The van der Waals surface area contributed by atoms with Crippen molar-refractivity contribution in [3.63, 3.8) is 0 Å². The number of aromatic nitrogens is 1. The molecule has 0 amide bonds. The standard InChI is InChI=1S/C26H21F3N2O3S/c27-26(28,29)34-21-14-10-18(11-15-21)17-31(35(32,33)22-7-2-1-3-8-22)25-24(19-12-13-19)23-9-5-4-6-20(23)16-30-25/h1-11,14-16,19H,12-13,17H2. The Bertz CT molecular complexity index is 1450. The number of rotatable bonds is 7. The zero-order valence-electron chi connectivity index (χ0n) is 18.4. The van der Waals surface area contributed by atoms with Gasteiger partial charge in [0.1, 0.15) is 11.6 Å². The molecule has 0 atom stereocenters. The van der Waals surface area contributed by atoms with Crippen molar-refractivity contribution >= 4 is 26.6 Å². The lowest BCUT2D eigenvalue weighted by Crippen LogP contribution is -2.32. The van der Waals surface area contributed by atoms with Crippen molar-refractivity contribution in [3.8, 4) is 5.75 Å². The van der Waals surface area contributed by atoms with E-state index in [1.807, 2.05) is 24.3 Å². The molecule has 0 N–H and O–H groups in total. The number of pyridine rings is 1. The Labute approximate surface area is 200 Å². The Balaban J connectivity index is 1.61. The van der Waals surface area contributed by atoms with Gasteiger partial charge in [-0.25, -0.2) is 17.7 Å². The summed E-state index contributed by atoms with van der Waals surface area (Å²) in [6.45, 7) is -0.103. The average molecular weight is 499 g/mol. The van der Waals surface area contributed by atoms with E-state index in [0.717, 1.165) is 29.2 Å². The normalized spacial score (nSPS) is 14.1. The van der Waals surface area contributed by atoms with E-state index in [0.29, 0.717) is 11.4 Å². The summed E-state index contributed by atoms with van der Waals surface area (Å²) in [5.74, 6) is 0.159. The van der Waals surface area contributed by atoms with Gasteiger partial charge in [-0.3, -0.25) is 0 Å². The Morgan fingerprint density at radius 3 is 2.23 bits per heavy atom. The molecule has 1 saturated carbocycles. The van der Waals surface area contributed by atoms with Gasteiger partial charge < -0.3 is 4.74 Å². The van der Waals surface area contributed by atoms with Crippen LogP contribution in [0, 0.1) is 0 Å². The van der Waals surface area contributed by atoms with Crippen LogP contribution in [0.3, 0.4) is 0 Å². The Morgan fingerprint density at radius 2 is 1.57 bits per heavy atom. The van der Waals surface area contributed by atoms with Crippen molar-refractivity contribution in [2.45, 2.75) is 36.6 Å².